The normalized spacial score (nSPS) is 11.5. The van der Waals surface area contributed by atoms with Crippen molar-refractivity contribution in [2.45, 2.75) is 27.3 Å². The second-order valence-electron chi connectivity index (χ2n) is 6.47. The minimum atomic E-state index is -0.434. The van der Waals surface area contributed by atoms with Gasteiger partial charge in [0.2, 0.25) is 0 Å². The summed E-state index contributed by atoms with van der Waals surface area (Å²) in [6.45, 7) is 5.80. The molecular formula is C22H22N2O5S. The molecule has 2 aromatic carbocycles. The maximum absolute atomic E-state index is 12.7. The quantitative estimate of drug-likeness (QED) is 0.563. The van der Waals surface area contributed by atoms with E-state index in [-0.39, 0.29) is 19.8 Å². The summed E-state index contributed by atoms with van der Waals surface area (Å²) in [5.74, 6) is -1.27. The number of hydrogen-bond acceptors (Lipinski definition) is 6. The van der Waals surface area contributed by atoms with Crippen LogP contribution in [0.2, 0.25) is 0 Å². The zero-order chi connectivity index (χ0) is 21.7. The first kappa shape index (κ1) is 21.4. The van der Waals surface area contributed by atoms with E-state index in [9.17, 15) is 14.4 Å². The molecule has 0 aliphatic rings. The van der Waals surface area contributed by atoms with Gasteiger partial charge < -0.3 is 14.0 Å². The van der Waals surface area contributed by atoms with E-state index in [2.05, 4.69) is 4.99 Å². The fraction of sp³-hybridized carbons (Fsp3) is 0.273. The fourth-order valence-electron chi connectivity index (χ4n) is 2.92. The summed E-state index contributed by atoms with van der Waals surface area (Å²) in [5, 5.41) is 0. The maximum atomic E-state index is 12.7. The number of rotatable bonds is 6. The zero-order valence-electron chi connectivity index (χ0n) is 17.0. The first-order chi connectivity index (χ1) is 14.4. The van der Waals surface area contributed by atoms with Crippen molar-refractivity contribution in [2.24, 2.45) is 4.99 Å². The number of hydrogen-bond donors (Lipinski definition) is 0. The van der Waals surface area contributed by atoms with Crippen molar-refractivity contribution in [2.75, 3.05) is 13.2 Å². The van der Waals surface area contributed by atoms with Crippen LogP contribution in [0.3, 0.4) is 0 Å². The molecule has 30 heavy (non-hydrogen) atoms. The molecule has 1 heterocycles. The lowest BCUT2D eigenvalue weighted by molar-refractivity contribution is -0.143. The number of aryl methyl sites for hydroxylation is 1. The average molecular weight is 426 g/mol. The summed E-state index contributed by atoms with van der Waals surface area (Å²) in [4.78, 5) is 41.5. The van der Waals surface area contributed by atoms with E-state index in [0.29, 0.717) is 26.1 Å². The van der Waals surface area contributed by atoms with Crippen molar-refractivity contribution < 1.29 is 23.9 Å². The second-order valence-corrected chi connectivity index (χ2v) is 7.47. The number of nitrogens with zero attached hydrogens (tertiary/aromatic N) is 2. The molecule has 0 bridgehead atoms. The minimum Gasteiger partial charge on any atom is -0.465 e. The smallest absolute Gasteiger partial charge is 0.338 e. The monoisotopic (exact) mass is 426 g/mol. The summed E-state index contributed by atoms with van der Waals surface area (Å²) in [6.07, 6.45) is 0. The highest BCUT2D eigenvalue weighted by molar-refractivity contribution is 7.16. The molecule has 7 nitrogen and oxygen atoms in total. The highest BCUT2D eigenvalue weighted by Crippen LogP contribution is 2.20. The standard InChI is InChI=1S/C22H22N2O5S/c1-4-28-19(25)13-24-17-10-9-16(21(27)29-5-2)12-18(17)30-22(24)23-20(26)15-8-6-7-14(3)11-15/h6-12H,4-5,13H2,1-3H3. The zero-order valence-corrected chi connectivity index (χ0v) is 17.8. The highest BCUT2D eigenvalue weighted by Gasteiger charge is 2.15. The SMILES string of the molecule is CCOC(=O)Cn1c(=NC(=O)c2cccc(C)c2)sc2cc(C(=O)OCC)ccc21. The molecule has 0 saturated heterocycles. The van der Waals surface area contributed by atoms with Crippen molar-refractivity contribution in [3.05, 3.63) is 64.0 Å². The van der Waals surface area contributed by atoms with E-state index in [1.165, 1.54) is 11.3 Å². The van der Waals surface area contributed by atoms with Gasteiger partial charge >= 0.3 is 11.9 Å². The van der Waals surface area contributed by atoms with Gasteiger partial charge in [0.25, 0.3) is 5.91 Å². The number of esters is 2. The second kappa shape index (κ2) is 9.49. The summed E-state index contributed by atoms with van der Waals surface area (Å²) in [7, 11) is 0. The number of fused-ring (bicyclic) bond motifs is 1. The Morgan fingerprint density at radius 3 is 2.47 bits per heavy atom. The van der Waals surface area contributed by atoms with Crippen LogP contribution in [0.25, 0.3) is 10.2 Å². The van der Waals surface area contributed by atoms with E-state index in [4.69, 9.17) is 9.47 Å². The Kier molecular flexibility index (Phi) is 6.79. The third-order valence-electron chi connectivity index (χ3n) is 4.25. The van der Waals surface area contributed by atoms with E-state index in [1.807, 2.05) is 13.0 Å². The maximum Gasteiger partial charge on any atom is 0.338 e. The number of amides is 1. The molecule has 0 spiro atoms. The van der Waals surface area contributed by atoms with E-state index < -0.39 is 17.8 Å². The Morgan fingerprint density at radius 2 is 1.77 bits per heavy atom. The predicted octanol–water partition coefficient (Wildman–Crippen LogP) is 3.49. The Morgan fingerprint density at radius 1 is 1.00 bits per heavy atom. The molecular weight excluding hydrogens is 404 g/mol. The van der Waals surface area contributed by atoms with Crippen LogP contribution in [0.1, 0.15) is 40.1 Å². The van der Waals surface area contributed by atoms with Crippen LogP contribution in [-0.2, 0) is 20.8 Å². The van der Waals surface area contributed by atoms with Gasteiger partial charge in [0.05, 0.1) is 29.0 Å². The van der Waals surface area contributed by atoms with Crippen LogP contribution in [0.4, 0.5) is 0 Å². The molecule has 0 saturated carbocycles. The number of benzene rings is 2. The molecule has 0 aliphatic heterocycles. The van der Waals surface area contributed by atoms with Gasteiger partial charge in [-0.05, 0) is 51.1 Å². The van der Waals surface area contributed by atoms with E-state index in [1.54, 1.807) is 54.8 Å². The van der Waals surface area contributed by atoms with Gasteiger partial charge in [-0.25, -0.2) is 4.79 Å². The van der Waals surface area contributed by atoms with Gasteiger partial charge in [0, 0.05) is 5.56 Å². The van der Waals surface area contributed by atoms with Gasteiger partial charge in [-0.15, -0.1) is 0 Å². The Bertz CT molecular complexity index is 1180. The summed E-state index contributed by atoms with van der Waals surface area (Å²) in [5.41, 5.74) is 2.48. The van der Waals surface area contributed by atoms with Gasteiger partial charge in [-0.3, -0.25) is 9.59 Å². The molecule has 0 atom stereocenters. The minimum absolute atomic E-state index is 0.0908. The third-order valence-corrected chi connectivity index (χ3v) is 5.29. The van der Waals surface area contributed by atoms with Gasteiger partial charge in [-0.2, -0.15) is 4.99 Å². The lowest BCUT2D eigenvalue weighted by atomic mass is 10.1. The lowest BCUT2D eigenvalue weighted by Gasteiger charge is -2.06. The first-order valence-corrected chi connectivity index (χ1v) is 10.4. The van der Waals surface area contributed by atoms with Crippen molar-refractivity contribution in [3.63, 3.8) is 0 Å². The number of carbonyl (C=O) groups is 3. The largest absolute Gasteiger partial charge is 0.465 e. The van der Waals surface area contributed by atoms with Crippen LogP contribution < -0.4 is 4.80 Å². The molecule has 3 aromatic rings. The lowest BCUT2D eigenvalue weighted by Crippen LogP contribution is -2.23. The number of thiazole rings is 1. The van der Waals surface area contributed by atoms with Crippen LogP contribution in [0.15, 0.2) is 47.5 Å². The summed E-state index contributed by atoms with van der Waals surface area (Å²) in [6, 6.07) is 12.2. The van der Waals surface area contributed by atoms with Crippen LogP contribution in [0, 0.1) is 6.92 Å². The summed E-state index contributed by atoms with van der Waals surface area (Å²) >= 11 is 1.22. The van der Waals surface area contributed by atoms with Crippen molar-refractivity contribution in [1.82, 2.24) is 4.57 Å². The van der Waals surface area contributed by atoms with Gasteiger partial charge in [-0.1, -0.05) is 29.0 Å². The third kappa shape index (κ3) is 4.83. The molecule has 0 radical (unpaired) electrons. The van der Waals surface area contributed by atoms with Crippen LogP contribution >= 0.6 is 11.3 Å². The topological polar surface area (TPSA) is 87.0 Å². The predicted molar refractivity (Wildman–Crippen MR) is 113 cm³/mol. The Labute approximate surface area is 177 Å². The van der Waals surface area contributed by atoms with Crippen molar-refractivity contribution >= 4 is 39.4 Å². The molecule has 3 rings (SSSR count). The molecule has 8 heteroatoms. The highest BCUT2D eigenvalue weighted by atomic mass is 32.1. The fourth-order valence-corrected chi connectivity index (χ4v) is 3.99. The molecule has 156 valence electrons. The van der Waals surface area contributed by atoms with Gasteiger partial charge in [0.15, 0.2) is 4.80 Å². The average Bonchev–Trinajstić information content (AvgIpc) is 3.04. The molecule has 0 fully saturated rings. The number of carbonyl (C=O) groups excluding carboxylic acids is 3. The first-order valence-electron chi connectivity index (χ1n) is 9.54. The molecule has 1 aromatic heterocycles. The number of aromatic nitrogens is 1. The van der Waals surface area contributed by atoms with Crippen LogP contribution in [-0.4, -0.2) is 35.6 Å². The molecule has 1 amide bonds. The van der Waals surface area contributed by atoms with E-state index in [0.717, 1.165) is 5.56 Å². The molecule has 0 unspecified atom stereocenters. The van der Waals surface area contributed by atoms with Gasteiger partial charge in [0.1, 0.15) is 6.54 Å². The summed E-state index contributed by atoms with van der Waals surface area (Å²) < 4.78 is 12.4. The Hall–Kier alpha value is -3.26. The van der Waals surface area contributed by atoms with Crippen LogP contribution in [0.5, 0.6) is 0 Å². The van der Waals surface area contributed by atoms with E-state index >= 15 is 0 Å². The Balaban J connectivity index is 2.11. The molecule has 0 N–H and O–H groups in total. The molecule has 0 aliphatic carbocycles. The van der Waals surface area contributed by atoms with Crippen molar-refractivity contribution in [1.29, 1.82) is 0 Å². The number of ether oxygens (including phenoxy) is 2. The van der Waals surface area contributed by atoms with Crippen molar-refractivity contribution in [3.8, 4) is 0 Å².